The van der Waals surface area contributed by atoms with Crippen LogP contribution in [0.3, 0.4) is 0 Å². The molecule has 1 aromatic rings. The van der Waals surface area contributed by atoms with Crippen LogP contribution in [0, 0.1) is 0 Å². The standard InChI is InChI=1S/C10H13NO6S/c1-6(9(12)11(2)3)18(15,16)8-5-4-7(17-8)10(13)14/h4-6H,1-3H3,(H,13,14). The van der Waals surface area contributed by atoms with E-state index in [0.717, 1.165) is 17.0 Å². The third-order valence-electron chi connectivity index (χ3n) is 2.33. The topological polar surface area (TPSA) is 105 Å². The molecule has 0 saturated carbocycles. The van der Waals surface area contributed by atoms with Gasteiger partial charge in [-0.3, -0.25) is 4.79 Å². The van der Waals surface area contributed by atoms with Gasteiger partial charge in [-0.05, 0) is 19.1 Å². The Kier molecular flexibility index (Phi) is 3.80. The summed E-state index contributed by atoms with van der Waals surface area (Å²) in [5.74, 6) is -2.47. The van der Waals surface area contributed by atoms with Crippen LogP contribution in [0.15, 0.2) is 21.6 Å². The largest absolute Gasteiger partial charge is 0.475 e. The smallest absolute Gasteiger partial charge is 0.371 e. The number of hydrogen-bond acceptors (Lipinski definition) is 5. The van der Waals surface area contributed by atoms with Crippen molar-refractivity contribution < 1.29 is 27.5 Å². The van der Waals surface area contributed by atoms with Crippen molar-refractivity contribution in [2.75, 3.05) is 14.1 Å². The Morgan fingerprint density at radius 2 is 1.89 bits per heavy atom. The molecule has 1 atom stereocenters. The van der Waals surface area contributed by atoms with Crippen LogP contribution in [0.5, 0.6) is 0 Å². The molecular formula is C10H13NO6S. The second-order valence-electron chi connectivity index (χ2n) is 3.84. The lowest BCUT2D eigenvalue weighted by molar-refractivity contribution is -0.127. The molecule has 1 N–H and O–H groups in total. The van der Waals surface area contributed by atoms with E-state index in [2.05, 4.69) is 0 Å². The summed E-state index contributed by atoms with van der Waals surface area (Å²) in [4.78, 5) is 23.3. The molecule has 1 heterocycles. The Morgan fingerprint density at radius 1 is 1.33 bits per heavy atom. The van der Waals surface area contributed by atoms with Crippen molar-refractivity contribution >= 4 is 21.7 Å². The second kappa shape index (κ2) is 4.81. The summed E-state index contributed by atoms with van der Waals surface area (Å²) in [7, 11) is -1.16. The maximum absolute atomic E-state index is 12.0. The molecule has 100 valence electrons. The van der Waals surface area contributed by atoms with E-state index in [9.17, 15) is 18.0 Å². The van der Waals surface area contributed by atoms with Crippen LogP contribution in [0.25, 0.3) is 0 Å². The Balaban J connectivity index is 3.13. The second-order valence-corrected chi connectivity index (χ2v) is 6.04. The molecule has 0 aliphatic heterocycles. The van der Waals surface area contributed by atoms with Crippen LogP contribution in [0.1, 0.15) is 17.5 Å². The van der Waals surface area contributed by atoms with Crippen molar-refractivity contribution in [2.24, 2.45) is 0 Å². The number of hydrogen-bond donors (Lipinski definition) is 1. The zero-order valence-electron chi connectivity index (χ0n) is 10.1. The highest BCUT2D eigenvalue weighted by Gasteiger charge is 2.33. The van der Waals surface area contributed by atoms with Gasteiger partial charge in [0.25, 0.3) is 0 Å². The molecule has 7 nitrogen and oxygen atoms in total. The number of carbonyl (C=O) groups excluding carboxylic acids is 1. The minimum absolute atomic E-state index is 0.488. The van der Waals surface area contributed by atoms with Crippen molar-refractivity contribution in [3.8, 4) is 0 Å². The van der Waals surface area contributed by atoms with Crippen LogP contribution in [0.4, 0.5) is 0 Å². The Morgan fingerprint density at radius 3 is 2.28 bits per heavy atom. The summed E-state index contributed by atoms with van der Waals surface area (Å²) in [5.41, 5.74) is 0. The van der Waals surface area contributed by atoms with Crippen molar-refractivity contribution in [3.63, 3.8) is 0 Å². The quantitative estimate of drug-likeness (QED) is 0.843. The van der Waals surface area contributed by atoms with Crippen LogP contribution < -0.4 is 0 Å². The average Bonchev–Trinajstić information content (AvgIpc) is 2.76. The van der Waals surface area contributed by atoms with Gasteiger partial charge in [0.2, 0.25) is 26.6 Å². The SMILES string of the molecule is CC(C(=O)N(C)C)S(=O)(=O)c1ccc(C(=O)O)o1. The van der Waals surface area contributed by atoms with Crippen molar-refractivity contribution in [2.45, 2.75) is 17.3 Å². The van der Waals surface area contributed by atoms with E-state index >= 15 is 0 Å². The van der Waals surface area contributed by atoms with E-state index in [-0.39, 0.29) is 0 Å². The predicted octanol–water partition coefficient (Wildman–Crippen LogP) is 0.228. The van der Waals surface area contributed by atoms with E-state index in [0.29, 0.717) is 0 Å². The Bertz CT molecular complexity index is 571. The number of nitrogens with zero attached hydrogens (tertiary/aromatic N) is 1. The molecule has 0 aliphatic rings. The molecule has 0 spiro atoms. The van der Waals surface area contributed by atoms with Gasteiger partial charge in [-0.15, -0.1) is 0 Å². The molecule has 1 unspecified atom stereocenters. The van der Waals surface area contributed by atoms with Gasteiger partial charge >= 0.3 is 5.97 Å². The first kappa shape index (κ1) is 14.2. The van der Waals surface area contributed by atoms with Gasteiger partial charge < -0.3 is 14.4 Å². The molecule has 1 aromatic heterocycles. The van der Waals surface area contributed by atoms with Gasteiger partial charge in [-0.25, -0.2) is 13.2 Å². The van der Waals surface area contributed by atoms with Gasteiger partial charge in [0.1, 0.15) is 5.25 Å². The minimum atomic E-state index is -4.02. The first-order chi connectivity index (χ1) is 8.17. The maximum atomic E-state index is 12.0. The van der Waals surface area contributed by atoms with Crippen LogP contribution >= 0.6 is 0 Å². The first-order valence-electron chi connectivity index (χ1n) is 4.96. The monoisotopic (exact) mass is 275 g/mol. The van der Waals surface area contributed by atoms with E-state index in [1.165, 1.54) is 21.0 Å². The van der Waals surface area contributed by atoms with Gasteiger partial charge in [-0.1, -0.05) is 0 Å². The molecular weight excluding hydrogens is 262 g/mol. The van der Waals surface area contributed by atoms with Crippen LogP contribution in [0.2, 0.25) is 0 Å². The lowest BCUT2D eigenvalue weighted by Crippen LogP contribution is -2.36. The van der Waals surface area contributed by atoms with Gasteiger partial charge in [0, 0.05) is 14.1 Å². The van der Waals surface area contributed by atoms with Crippen molar-refractivity contribution in [1.82, 2.24) is 4.90 Å². The van der Waals surface area contributed by atoms with Crippen molar-refractivity contribution in [1.29, 1.82) is 0 Å². The fraction of sp³-hybridized carbons (Fsp3) is 0.400. The van der Waals surface area contributed by atoms with E-state index in [1.807, 2.05) is 0 Å². The molecule has 0 aliphatic carbocycles. The summed E-state index contributed by atoms with van der Waals surface area (Å²) >= 11 is 0. The Hall–Kier alpha value is -1.83. The molecule has 0 saturated heterocycles. The number of amides is 1. The summed E-state index contributed by atoms with van der Waals surface area (Å²) < 4.78 is 28.7. The van der Waals surface area contributed by atoms with E-state index in [4.69, 9.17) is 9.52 Å². The zero-order chi connectivity index (χ0) is 14.1. The number of carboxylic acids is 1. The predicted molar refractivity (Wildman–Crippen MR) is 61.0 cm³/mol. The lowest BCUT2D eigenvalue weighted by atomic mass is 10.4. The summed E-state index contributed by atoms with van der Waals surface area (Å²) in [6, 6.07) is 2.06. The summed E-state index contributed by atoms with van der Waals surface area (Å²) in [5, 5.41) is 6.78. The summed E-state index contributed by atoms with van der Waals surface area (Å²) in [6.07, 6.45) is 0. The molecule has 8 heteroatoms. The van der Waals surface area contributed by atoms with Gasteiger partial charge in [0.05, 0.1) is 0 Å². The molecule has 0 aromatic carbocycles. The highest BCUT2D eigenvalue weighted by atomic mass is 32.2. The van der Waals surface area contributed by atoms with Crippen LogP contribution in [-0.2, 0) is 14.6 Å². The Labute approximate surface area is 104 Å². The number of carboxylic acid groups (broad SMARTS) is 1. The zero-order valence-corrected chi connectivity index (χ0v) is 10.9. The number of sulfone groups is 1. The highest BCUT2D eigenvalue weighted by molar-refractivity contribution is 7.92. The van der Waals surface area contributed by atoms with Gasteiger partial charge in [0.15, 0.2) is 0 Å². The van der Waals surface area contributed by atoms with E-state index < -0.39 is 37.8 Å². The summed E-state index contributed by atoms with van der Waals surface area (Å²) in [6.45, 7) is 1.22. The molecule has 0 bridgehead atoms. The fourth-order valence-electron chi connectivity index (χ4n) is 1.26. The lowest BCUT2D eigenvalue weighted by Gasteiger charge is -2.15. The third-order valence-corrected chi connectivity index (χ3v) is 4.24. The van der Waals surface area contributed by atoms with Crippen LogP contribution in [-0.4, -0.2) is 49.6 Å². The number of carbonyl (C=O) groups is 2. The van der Waals surface area contributed by atoms with E-state index in [1.54, 1.807) is 0 Å². The number of aromatic carboxylic acids is 1. The van der Waals surface area contributed by atoms with Gasteiger partial charge in [-0.2, -0.15) is 0 Å². The average molecular weight is 275 g/mol. The molecule has 18 heavy (non-hydrogen) atoms. The number of rotatable bonds is 4. The maximum Gasteiger partial charge on any atom is 0.371 e. The fourth-order valence-corrected chi connectivity index (χ4v) is 2.55. The molecule has 1 amide bonds. The highest BCUT2D eigenvalue weighted by Crippen LogP contribution is 2.20. The van der Waals surface area contributed by atoms with Crippen molar-refractivity contribution in [3.05, 3.63) is 17.9 Å². The molecule has 0 fully saturated rings. The molecule has 0 radical (unpaired) electrons. The normalized spacial score (nSPS) is 13.1. The number of furan rings is 1. The first-order valence-corrected chi connectivity index (χ1v) is 6.50. The molecule has 1 rings (SSSR count). The minimum Gasteiger partial charge on any atom is -0.475 e. The third kappa shape index (κ3) is 2.53.